The van der Waals surface area contributed by atoms with Gasteiger partial charge in [0.2, 0.25) is 0 Å². The number of amidine groups is 1. The molecule has 1 heterocycles. The van der Waals surface area contributed by atoms with Gasteiger partial charge in [0.25, 0.3) is 0 Å². The lowest BCUT2D eigenvalue weighted by atomic mass is 10.1. The molecule has 5 nitrogen and oxygen atoms in total. The van der Waals surface area contributed by atoms with E-state index in [0.717, 1.165) is 47.8 Å². The number of nitrogens with zero attached hydrogens (tertiary/aromatic N) is 4. The van der Waals surface area contributed by atoms with Gasteiger partial charge in [0.05, 0.1) is 11.3 Å². The van der Waals surface area contributed by atoms with Gasteiger partial charge in [-0.05, 0) is 55.0 Å². The largest absolute Gasteiger partial charge is 0.419 e. The molecule has 0 spiro atoms. The topological polar surface area (TPSA) is 53.4 Å². The fourth-order valence-electron chi connectivity index (χ4n) is 4.57. The van der Waals surface area contributed by atoms with Crippen LogP contribution < -0.4 is 5.32 Å². The van der Waals surface area contributed by atoms with Crippen molar-refractivity contribution in [3.8, 4) is 0 Å². The van der Waals surface area contributed by atoms with Crippen LogP contribution in [0.25, 0.3) is 0 Å². The van der Waals surface area contributed by atoms with E-state index in [1.54, 1.807) is 7.05 Å². The third-order valence-corrected chi connectivity index (χ3v) is 6.43. The summed E-state index contributed by atoms with van der Waals surface area (Å²) in [6.07, 6.45) is 2.11. The van der Waals surface area contributed by atoms with Crippen LogP contribution in [-0.4, -0.2) is 47.5 Å². The molecular weight excluding hydrogens is 463 g/mol. The zero-order valence-electron chi connectivity index (χ0n) is 21.8. The van der Waals surface area contributed by atoms with Crippen LogP contribution in [0.5, 0.6) is 0 Å². The number of anilines is 2. The number of hydrogen-bond acceptors (Lipinski definition) is 4. The van der Waals surface area contributed by atoms with Gasteiger partial charge in [0.1, 0.15) is 17.5 Å². The number of allylic oxidation sites excluding steroid dienone is 2. The van der Waals surface area contributed by atoms with E-state index in [1.807, 2.05) is 20.8 Å². The van der Waals surface area contributed by atoms with Crippen LogP contribution >= 0.6 is 0 Å². The average Bonchev–Trinajstić information content (AvgIpc) is 3.29. The van der Waals surface area contributed by atoms with Crippen molar-refractivity contribution in [2.75, 3.05) is 26.0 Å². The van der Waals surface area contributed by atoms with Crippen molar-refractivity contribution in [2.45, 2.75) is 65.0 Å². The molecule has 2 aromatic rings. The van der Waals surface area contributed by atoms with Crippen LogP contribution in [0.3, 0.4) is 0 Å². The van der Waals surface area contributed by atoms with Crippen LogP contribution in [0, 0.1) is 0 Å². The van der Waals surface area contributed by atoms with E-state index in [9.17, 15) is 13.2 Å². The molecule has 0 saturated carbocycles. The van der Waals surface area contributed by atoms with Gasteiger partial charge in [-0.3, -0.25) is 4.99 Å². The summed E-state index contributed by atoms with van der Waals surface area (Å²) in [5.74, 6) is 1.45. The Bertz CT molecular complexity index is 1150. The molecule has 0 unspecified atom stereocenters. The summed E-state index contributed by atoms with van der Waals surface area (Å²) in [7, 11) is 2.98. The third kappa shape index (κ3) is 6.33. The molecule has 1 aromatic heterocycles. The van der Waals surface area contributed by atoms with Crippen molar-refractivity contribution >= 4 is 17.3 Å². The minimum atomic E-state index is -4.53. The first-order chi connectivity index (χ1) is 17.1. The van der Waals surface area contributed by atoms with Gasteiger partial charge in [0, 0.05) is 44.2 Å². The van der Waals surface area contributed by atoms with E-state index in [4.69, 9.17) is 9.97 Å². The number of aliphatic imine (C=N–C) groups is 1. The summed E-state index contributed by atoms with van der Waals surface area (Å²) in [4.78, 5) is 15.1. The monoisotopic (exact) mass is 499 g/mol. The fourth-order valence-corrected chi connectivity index (χ4v) is 4.57. The number of nitrogens with one attached hydrogen (secondary N) is 1. The molecule has 194 valence electrons. The predicted octanol–water partition coefficient (Wildman–Crippen LogP) is 6.57. The standard InChI is InChI=1S/C28H36F3N5/c1-7-10-23(28(29,30)31)27(32-5)36(6)16-15-24-22(8-2)26(35-25(34-24)18(3)4)33-21-14-13-19-11-9-12-20(19)17-21/h7,10,13-14,17-18H,1,8-9,11-12,15-16H2,2-6H3,(H,33,34,35)/b23-10+,32-27?. The minimum Gasteiger partial charge on any atom is -0.359 e. The number of alkyl halides is 3. The van der Waals surface area contributed by atoms with E-state index in [-0.39, 0.29) is 11.8 Å². The molecule has 0 atom stereocenters. The number of aromatic nitrogens is 2. The van der Waals surface area contributed by atoms with Crippen molar-refractivity contribution in [1.82, 2.24) is 14.9 Å². The Morgan fingerprint density at radius 1 is 1.22 bits per heavy atom. The van der Waals surface area contributed by atoms with E-state index in [1.165, 1.54) is 29.5 Å². The van der Waals surface area contributed by atoms with Gasteiger partial charge >= 0.3 is 6.18 Å². The maximum atomic E-state index is 13.6. The molecule has 0 fully saturated rings. The Morgan fingerprint density at radius 2 is 1.94 bits per heavy atom. The highest BCUT2D eigenvalue weighted by atomic mass is 19.4. The van der Waals surface area contributed by atoms with Gasteiger partial charge in [-0.1, -0.05) is 39.5 Å². The van der Waals surface area contributed by atoms with E-state index in [0.29, 0.717) is 25.2 Å². The fraction of sp³-hybridized carbons (Fsp3) is 0.464. The molecule has 8 heteroatoms. The van der Waals surface area contributed by atoms with Crippen LogP contribution in [0.4, 0.5) is 24.7 Å². The molecule has 0 saturated heterocycles. The van der Waals surface area contributed by atoms with E-state index < -0.39 is 11.7 Å². The molecule has 0 aliphatic heterocycles. The predicted molar refractivity (Wildman–Crippen MR) is 141 cm³/mol. The second-order valence-corrected chi connectivity index (χ2v) is 9.36. The minimum absolute atomic E-state index is 0.105. The molecule has 1 aliphatic rings. The molecule has 1 aliphatic carbocycles. The smallest absolute Gasteiger partial charge is 0.359 e. The van der Waals surface area contributed by atoms with Gasteiger partial charge in [0.15, 0.2) is 0 Å². The van der Waals surface area contributed by atoms with Gasteiger partial charge in [-0.15, -0.1) is 0 Å². The van der Waals surface area contributed by atoms with Crippen molar-refractivity contribution in [3.05, 3.63) is 70.7 Å². The van der Waals surface area contributed by atoms with Gasteiger partial charge in [-0.25, -0.2) is 9.97 Å². The lowest BCUT2D eigenvalue weighted by molar-refractivity contribution is -0.0869. The zero-order valence-corrected chi connectivity index (χ0v) is 21.8. The number of fused-ring (bicyclic) bond motifs is 1. The van der Waals surface area contributed by atoms with E-state index >= 15 is 0 Å². The van der Waals surface area contributed by atoms with Crippen LogP contribution in [0.15, 0.2) is 47.5 Å². The number of likely N-dealkylation sites (N-methyl/N-ethyl adjacent to an activating group) is 1. The summed E-state index contributed by atoms with van der Waals surface area (Å²) in [6.45, 7) is 9.85. The van der Waals surface area contributed by atoms with Crippen LogP contribution in [0.2, 0.25) is 0 Å². The number of rotatable bonds is 9. The highest BCUT2D eigenvalue weighted by Crippen LogP contribution is 2.30. The summed E-state index contributed by atoms with van der Waals surface area (Å²) in [5, 5.41) is 3.51. The second-order valence-electron chi connectivity index (χ2n) is 9.36. The van der Waals surface area contributed by atoms with Crippen molar-refractivity contribution in [2.24, 2.45) is 4.99 Å². The molecule has 0 radical (unpaired) electrons. The highest BCUT2D eigenvalue weighted by Gasteiger charge is 2.37. The normalized spacial score (nSPS) is 14.2. The Balaban J connectivity index is 1.90. The lowest BCUT2D eigenvalue weighted by Gasteiger charge is -2.25. The summed E-state index contributed by atoms with van der Waals surface area (Å²) in [6, 6.07) is 6.46. The second kappa shape index (κ2) is 11.7. The van der Waals surface area contributed by atoms with Crippen LogP contribution in [0.1, 0.15) is 61.3 Å². The van der Waals surface area contributed by atoms with Crippen molar-refractivity contribution in [1.29, 1.82) is 0 Å². The average molecular weight is 500 g/mol. The third-order valence-electron chi connectivity index (χ3n) is 6.43. The Labute approximate surface area is 212 Å². The molecule has 1 N–H and O–H groups in total. The molecular formula is C28H36F3N5. The van der Waals surface area contributed by atoms with Crippen molar-refractivity contribution in [3.63, 3.8) is 0 Å². The van der Waals surface area contributed by atoms with E-state index in [2.05, 4.69) is 35.1 Å². The Kier molecular flexibility index (Phi) is 8.93. The van der Waals surface area contributed by atoms with Gasteiger partial charge < -0.3 is 10.2 Å². The summed E-state index contributed by atoms with van der Waals surface area (Å²) in [5.41, 5.74) is 4.76. The first kappa shape index (κ1) is 27.4. The number of benzene rings is 1. The maximum absolute atomic E-state index is 13.6. The molecule has 1 aromatic carbocycles. The molecule has 0 bridgehead atoms. The summed E-state index contributed by atoms with van der Waals surface area (Å²) >= 11 is 0. The van der Waals surface area contributed by atoms with Crippen molar-refractivity contribution < 1.29 is 13.2 Å². The summed E-state index contributed by atoms with van der Waals surface area (Å²) < 4.78 is 40.9. The Morgan fingerprint density at radius 3 is 2.56 bits per heavy atom. The quantitative estimate of drug-likeness (QED) is 0.241. The highest BCUT2D eigenvalue weighted by molar-refractivity contribution is 5.99. The maximum Gasteiger partial charge on any atom is 0.419 e. The van der Waals surface area contributed by atoms with Crippen LogP contribution in [-0.2, 0) is 25.7 Å². The lowest BCUT2D eigenvalue weighted by Crippen LogP contribution is -2.35. The first-order valence-corrected chi connectivity index (χ1v) is 12.5. The zero-order chi connectivity index (χ0) is 26.5. The molecule has 36 heavy (non-hydrogen) atoms. The Hall–Kier alpha value is -3.16. The first-order valence-electron chi connectivity index (χ1n) is 12.5. The SMILES string of the molecule is C=C/C=C(\C(=NC)N(C)CCc1nc(C(C)C)nc(Nc2ccc3c(c2)CCC3)c1CC)C(F)(F)F. The number of hydrogen-bond donors (Lipinski definition) is 1. The number of halogens is 3. The number of aryl methyl sites for hydroxylation is 2. The van der Waals surface area contributed by atoms with Gasteiger partial charge in [-0.2, -0.15) is 13.2 Å². The molecule has 3 rings (SSSR count). The molecule has 0 amide bonds.